The number of hydrogen-bond donors (Lipinski definition) is 1. The first-order valence-corrected chi connectivity index (χ1v) is 10.8. The van der Waals surface area contributed by atoms with E-state index in [9.17, 15) is 4.79 Å². The number of carbonyl (C=O) groups excluding carboxylic acids is 1. The third-order valence-electron chi connectivity index (χ3n) is 5.05. The number of tetrazole rings is 1. The highest BCUT2D eigenvalue weighted by molar-refractivity contribution is 9.10. The van der Waals surface area contributed by atoms with E-state index < -0.39 is 12.0 Å². The van der Waals surface area contributed by atoms with Crippen molar-refractivity contribution in [3.8, 4) is 5.75 Å². The molecule has 1 unspecified atom stereocenters. The first-order chi connectivity index (χ1) is 15.5. The summed E-state index contributed by atoms with van der Waals surface area (Å²) in [5.41, 5.74) is 3.95. The van der Waals surface area contributed by atoms with Crippen LogP contribution in [0.3, 0.4) is 0 Å². The van der Waals surface area contributed by atoms with E-state index in [1.54, 1.807) is 11.6 Å². The van der Waals surface area contributed by atoms with Crippen LogP contribution in [0.4, 0.5) is 5.95 Å². The SMILES string of the molecule is C=CCOC(=O)C1=C(C)Nc2nnnn2C1c1cc(Br)ccc1OCc1ccc(C)cc1. The standard InChI is InChI=1S/C23H22BrN5O3/c1-4-11-31-22(30)20-15(3)25-23-26-27-28-29(23)21(20)18-12-17(24)9-10-19(18)32-13-16-7-5-14(2)6-8-16/h4-10,12,21H,1,11,13H2,2-3H3,(H,25,26,28). The van der Waals surface area contributed by atoms with Gasteiger partial charge in [-0.15, -0.1) is 0 Å². The second-order valence-electron chi connectivity index (χ2n) is 7.36. The average Bonchev–Trinajstić information content (AvgIpc) is 3.24. The Morgan fingerprint density at radius 1 is 1.25 bits per heavy atom. The second kappa shape index (κ2) is 9.35. The zero-order valence-electron chi connectivity index (χ0n) is 17.7. The molecule has 3 aromatic rings. The molecule has 1 aliphatic rings. The van der Waals surface area contributed by atoms with Crippen LogP contribution < -0.4 is 10.1 Å². The lowest BCUT2D eigenvalue weighted by Crippen LogP contribution is -2.30. The minimum atomic E-state index is -0.635. The molecular formula is C23H22BrN5O3. The predicted octanol–water partition coefficient (Wildman–Crippen LogP) is 4.34. The van der Waals surface area contributed by atoms with E-state index in [1.165, 1.54) is 11.6 Å². The lowest BCUT2D eigenvalue weighted by molar-refractivity contribution is -0.138. The van der Waals surface area contributed by atoms with E-state index in [4.69, 9.17) is 9.47 Å². The van der Waals surface area contributed by atoms with E-state index in [-0.39, 0.29) is 6.61 Å². The van der Waals surface area contributed by atoms with E-state index >= 15 is 0 Å². The van der Waals surface area contributed by atoms with Gasteiger partial charge in [0.1, 0.15) is 25.0 Å². The van der Waals surface area contributed by atoms with Gasteiger partial charge in [0.2, 0.25) is 5.95 Å². The fraction of sp³-hybridized carbons (Fsp3) is 0.217. The summed E-state index contributed by atoms with van der Waals surface area (Å²) in [5.74, 6) is 0.562. The Labute approximate surface area is 194 Å². The second-order valence-corrected chi connectivity index (χ2v) is 8.27. The van der Waals surface area contributed by atoms with Crippen molar-refractivity contribution in [1.29, 1.82) is 0 Å². The summed E-state index contributed by atoms with van der Waals surface area (Å²) in [5, 5.41) is 15.0. The van der Waals surface area contributed by atoms with Crippen LogP contribution in [0, 0.1) is 6.92 Å². The highest BCUT2D eigenvalue weighted by Gasteiger charge is 2.36. The van der Waals surface area contributed by atoms with Crippen LogP contribution in [0.1, 0.15) is 29.7 Å². The summed E-state index contributed by atoms with van der Waals surface area (Å²) in [4.78, 5) is 13.0. The fourth-order valence-corrected chi connectivity index (χ4v) is 3.87. The van der Waals surface area contributed by atoms with E-state index in [0.717, 1.165) is 15.6 Å². The molecule has 8 nitrogen and oxygen atoms in total. The van der Waals surface area contributed by atoms with Gasteiger partial charge < -0.3 is 14.8 Å². The topological polar surface area (TPSA) is 91.2 Å². The van der Waals surface area contributed by atoms with Crippen LogP contribution in [0.25, 0.3) is 0 Å². The maximum atomic E-state index is 13.0. The number of nitrogens with zero attached hydrogens (tertiary/aromatic N) is 4. The van der Waals surface area contributed by atoms with E-state index in [0.29, 0.717) is 29.6 Å². The van der Waals surface area contributed by atoms with Crippen molar-refractivity contribution < 1.29 is 14.3 Å². The van der Waals surface area contributed by atoms with Crippen molar-refractivity contribution in [2.75, 3.05) is 11.9 Å². The van der Waals surface area contributed by atoms with Gasteiger partial charge in [-0.3, -0.25) is 0 Å². The van der Waals surface area contributed by atoms with E-state index in [1.807, 2.05) is 49.4 Å². The first-order valence-electron chi connectivity index (χ1n) is 9.99. The van der Waals surface area contributed by atoms with Gasteiger partial charge in [-0.2, -0.15) is 4.68 Å². The Bertz CT molecular complexity index is 1190. The number of ether oxygens (including phenoxy) is 2. The van der Waals surface area contributed by atoms with Crippen LogP contribution in [-0.2, 0) is 16.1 Å². The molecule has 0 saturated carbocycles. The summed E-state index contributed by atoms with van der Waals surface area (Å²) < 4.78 is 13.9. The number of allylic oxidation sites excluding steroid dienone is 1. The van der Waals surface area contributed by atoms with Crippen molar-refractivity contribution in [2.45, 2.75) is 26.5 Å². The molecule has 0 saturated heterocycles. The maximum Gasteiger partial charge on any atom is 0.338 e. The largest absolute Gasteiger partial charge is 0.489 e. The minimum Gasteiger partial charge on any atom is -0.489 e. The molecule has 0 amide bonds. The molecule has 32 heavy (non-hydrogen) atoms. The van der Waals surface area contributed by atoms with Crippen molar-refractivity contribution >= 4 is 27.8 Å². The molecule has 2 aromatic carbocycles. The Hall–Kier alpha value is -3.46. The molecule has 0 bridgehead atoms. The molecule has 0 radical (unpaired) electrons. The Morgan fingerprint density at radius 3 is 2.78 bits per heavy atom. The van der Waals surface area contributed by atoms with Crippen molar-refractivity contribution in [3.05, 3.63) is 87.6 Å². The van der Waals surface area contributed by atoms with Gasteiger partial charge >= 0.3 is 5.97 Å². The summed E-state index contributed by atoms with van der Waals surface area (Å²) in [6.45, 7) is 7.92. The number of aryl methyl sites for hydroxylation is 1. The molecule has 0 spiro atoms. The Morgan fingerprint density at radius 2 is 2.03 bits per heavy atom. The number of benzene rings is 2. The highest BCUT2D eigenvalue weighted by atomic mass is 79.9. The van der Waals surface area contributed by atoms with Crippen LogP contribution in [-0.4, -0.2) is 32.8 Å². The molecule has 164 valence electrons. The van der Waals surface area contributed by atoms with Crippen molar-refractivity contribution in [1.82, 2.24) is 20.2 Å². The maximum absolute atomic E-state index is 13.0. The van der Waals surface area contributed by atoms with Gasteiger partial charge in [0.15, 0.2) is 0 Å². The number of carbonyl (C=O) groups is 1. The lowest BCUT2D eigenvalue weighted by atomic mass is 9.95. The molecule has 1 aliphatic heterocycles. The molecule has 1 atom stereocenters. The molecule has 0 aliphatic carbocycles. The molecule has 4 rings (SSSR count). The number of anilines is 1. The number of esters is 1. The third-order valence-corrected chi connectivity index (χ3v) is 5.54. The van der Waals surface area contributed by atoms with Crippen LogP contribution in [0.15, 0.2) is 70.9 Å². The van der Waals surface area contributed by atoms with Crippen molar-refractivity contribution in [2.24, 2.45) is 0 Å². The normalized spacial score (nSPS) is 15.0. The van der Waals surface area contributed by atoms with Crippen LogP contribution in [0.2, 0.25) is 0 Å². The van der Waals surface area contributed by atoms with Gasteiger partial charge in [-0.25, -0.2) is 4.79 Å². The fourth-order valence-electron chi connectivity index (χ4n) is 3.49. The number of fused-ring (bicyclic) bond motifs is 1. The van der Waals surface area contributed by atoms with E-state index in [2.05, 4.69) is 43.4 Å². The number of rotatable bonds is 7. The number of aromatic nitrogens is 4. The quantitative estimate of drug-likeness (QED) is 0.384. The van der Waals surface area contributed by atoms with Crippen LogP contribution in [0.5, 0.6) is 5.75 Å². The Kier molecular flexibility index (Phi) is 6.36. The van der Waals surface area contributed by atoms with Gasteiger partial charge in [0.25, 0.3) is 0 Å². The first kappa shape index (κ1) is 21.8. The molecule has 1 aromatic heterocycles. The lowest BCUT2D eigenvalue weighted by Gasteiger charge is -2.28. The molecule has 0 fully saturated rings. The van der Waals surface area contributed by atoms with Gasteiger partial charge in [0.05, 0.1) is 5.57 Å². The smallest absolute Gasteiger partial charge is 0.338 e. The zero-order valence-corrected chi connectivity index (χ0v) is 19.3. The summed E-state index contributed by atoms with van der Waals surface area (Å²) in [7, 11) is 0. The van der Waals surface area contributed by atoms with Gasteiger partial charge in [0, 0.05) is 15.7 Å². The average molecular weight is 496 g/mol. The minimum absolute atomic E-state index is 0.0973. The van der Waals surface area contributed by atoms with Gasteiger partial charge in [-0.1, -0.05) is 63.5 Å². The highest BCUT2D eigenvalue weighted by Crippen LogP contribution is 2.40. The Balaban J connectivity index is 1.75. The molecule has 2 heterocycles. The van der Waals surface area contributed by atoms with Gasteiger partial charge in [-0.05, 0) is 48.0 Å². The number of nitrogens with one attached hydrogen (secondary N) is 1. The molecule has 1 N–H and O–H groups in total. The summed E-state index contributed by atoms with van der Waals surface area (Å²) >= 11 is 3.53. The zero-order chi connectivity index (χ0) is 22.7. The van der Waals surface area contributed by atoms with Crippen LogP contribution >= 0.6 is 15.9 Å². The van der Waals surface area contributed by atoms with Crippen molar-refractivity contribution in [3.63, 3.8) is 0 Å². The summed E-state index contributed by atoms with van der Waals surface area (Å²) in [6, 6.07) is 13.2. The summed E-state index contributed by atoms with van der Waals surface area (Å²) in [6.07, 6.45) is 1.52. The molecular weight excluding hydrogens is 474 g/mol. The number of halogens is 1. The predicted molar refractivity (Wildman–Crippen MR) is 123 cm³/mol. The number of hydrogen-bond acceptors (Lipinski definition) is 7. The monoisotopic (exact) mass is 495 g/mol. The third kappa shape index (κ3) is 4.43. The molecule has 9 heteroatoms.